The fourth-order valence-corrected chi connectivity index (χ4v) is 5.51. The molecule has 298 valence electrons. The van der Waals surface area contributed by atoms with Crippen molar-refractivity contribution in [3.63, 3.8) is 0 Å². The lowest BCUT2D eigenvalue weighted by Crippen LogP contribution is -2.12. The van der Waals surface area contributed by atoms with Crippen molar-refractivity contribution in [2.75, 3.05) is 66.1 Å². The summed E-state index contributed by atoms with van der Waals surface area (Å²) in [6.45, 7) is 7.61. The minimum absolute atomic E-state index is 0.113. The lowest BCUT2D eigenvalue weighted by molar-refractivity contribution is 0.0346. The van der Waals surface area contributed by atoms with Crippen LogP contribution in [0.1, 0.15) is 162 Å². The van der Waals surface area contributed by atoms with Crippen LogP contribution in [-0.4, -0.2) is 92.0 Å². The average molecular weight is 751 g/mol. The minimum Gasteiger partial charge on any atom is -0.379 e. The first-order valence-corrected chi connectivity index (χ1v) is 21.9. The van der Waals surface area contributed by atoms with Gasteiger partial charge in [0.2, 0.25) is 0 Å². The van der Waals surface area contributed by atoms with Crippen LogP contribution in [0, 0.1) is 0 Å². The van der Waals surface area contributed by atoms with Gasteiger partial charge in [-0.3, -0.25) is 9.11 Å². The first-order chi connectivity index (χ1) is 23.6. The molecule has 0 aromatic carbocycles. The smallest absolute Gasteiger partial charge is 0.379 e. The van der Waals surface area contributed by atoms with E-state index in [-0.39, 0.29) is 26.4 Å². The maximum atomic E-state index is 10.3. The van der Waals surface area contributed by atoms with Crippen LogP contribution in [0.4, 0.5) is 0 Å². The zero-order valence-corrected chi connectivity index (χ0v) is 32.8. The van der Waals surface area contributed by atoms with E-state index in [1.165, 1.54) is 135 Å². The summed E-state index contributed by atoms with van der Waals surface area (Å²) in [7, 11) is -8.72. The highest BCUT2D eigenvalue weighted by molar-refractivity contribution is 7.81. The molecule has 0 saturated heterocycles. The molecule has 49 heavy (non-hydrogen) atoms. The van der Waals surface area contributed by atoms with Crippen molar-refractivity contribution >= 4 is 20.8 Å². The molecule has 0 bridgehead atoms. The van der Waals surface area contributed by atoms with Crippen molar-refractivity contribution < 1.29 is 53.3 Å². The molecule has 0 amide bonds. The highest BCUT2D eigenvalue weighted by Gasteiger charge is 2.04. The van der Waals surface area contributed by atoms with Gasteiger partial charge in [0.15, 0.2) is 0 Å². The van der Waals surface area contributed by atoms with E-state index >= 15 is 0 Å². The van der Waals surface area contributed by atoms with Crippen LogP contribution in [0.3, 0.4) is 0 Å². The van der Waals surface area contributed by atoms with E-state index in [2.05, 4.69) is 22.2 Å². The predicted molar refractivity (Wildman–Crippen MR) is 196 cm³/mol. The van der Waals surface area contributed by atoms with E-state index in [0.717, 1.165) is 26.1 Å². The summed E-state index contributed by atoms with van der Waals surface area (Å²) in [5.41, 5.74) is 0. The standard InChI is InChI=1S/C18H38O6S.C17H36O6S/c1-2-3-4-5-6-7-8-9-10-11-12-13-14-22-15-16-23-17-18-24-25(19,20)21;1-2-3-4-5-6-7-8-9-10-11-12-13-21-14-15-22-16-17-23-24(18,19)20/h2-18H2,1H3,(H,19,20,21);2-17H2,1H3,(H,18,19,20). The SMILES string of the molecule is CCCCCCCCCCCCCCOCCOCCOS(=O)(=O)O.CCCCCCCCCCCCCOCCOCCOS(=O)(=O)O. The Labute approximate surface area is 301 Å². The van der Waals surface area contributed by atoms with Gasteiger partial charge in [-0.05, 0) is 12.8 Å². The highest BCUT2D eigenvalue weighted by atomic mass is 32.3. The van der Waals surface area contributed by atoms with Gasteiger partial charge in [-0.25, -0.2) is 8.37 Å². The molecule has 0 aliphatic heterocycles. The molecule has 0 saturated carbocycles. The van der Waals surface area contributed by atoms with Gasteiger partial charge in [-0.1, -0.05) is 149 Å². The molecule has 0 spiro atoms. The third-order valence-electron chi connectivity index (χ3n) is 7.70. The lowest BCUT2D eigenvalue weighted by Gasteiger charge is -2.06. The van der Waals surface area contributed by atoms with Crippen LogP contribution < -0.4 is 0 Å². The molecule has 0 atom stereocenters. The Morgan fingerprint density at radius 3 is 0.755 bits per heavy atom. The Kier molecular flexibility index (Phi) is 41.7. The Morgan fingerprint density at radius 1 is 0.306 bits per heavy atom. The minimum atomic E-state index is -4.36. The van der Waals surface area contributed by atoms with Gasteiger partial charge in [0.05, 0.1) is 52.9 Å². The van der Waals surface area contributed by atoms with Crippen molar-refractivity contribution in [2.45, 2.75) is 162 Å². The summed E-state index contributed by atoms with van der Waals surface area (Å²) in [4.78, 5) is 0. The molecule has 0 aliphatic carbocycles. The van der Waals surface area contributed by atoms with E-state index in [9.17, 15) is 16.8 Å². The van der Waals surface area contributed by atoms with Crippen LogP contribution in [-0.2, 0) is 48.1 Å². The Morgan fingerprint density at radius 2 is 0.510 bits per heavy atom. The normalized spacial score (nSPS) is 11.9. The maximum absolute atomic E-state index is 10.3. The largest absolute Gasteiger partial charge is 0.397 e. The predicted octanol–water partition coefficient (Wildman–Crippen LogP) is 8.69. The molecule has 12 nitrogen and oxygen atoms in total. The third-order valence-corrected chi connectivity index (χ3v) is 8.63. The second kappa shape index (κ2) is 40.4. The average Bonchev–Trinajstić information content (AvgIpc) is 3.04. The van der Waals surface area contributed by atoms with E-state index in [4.69, 9.17) is 28.1 Å². The van der Waals surface area contributed by atoms with Gasteiger partial charge in [-0.2, -0.15) is 16.8 Å². The number of rotatable bonds is 39. The summed E-state index contributed by atoms with van der Waals surface area (Å²) in [6, 6.07) is 0. The van der Waals surface area contributed by atoms with Gasteiger partial charge in [0.1, 0.15) is 0 Å². The quantitative estimate of drug-likeness (QED) is 0.0454. The van der Waals surface area contributed by atoms with E-state index in [1.807, 2.05) is 0 Å². The van der Waals surface area contributed by atoms with Crippen molar-refractivity contribution in [1.29, 1.82) is 0 Å². The Balaban J connectivity index is 0. The molecule has 2 N–H and O–H groups in total. The Bertz CT molecular complexity index is 842. The fourth-order valence-electron chi connectivity index (χ4n) is 4.95. The van der Waals surface area contributed by atoms with Gasteiger partial charge in [-0.15, -0.1) is 0 Å². The Hall–Kier alpha value is -0.420. The third kappa shape index (κ3) is 54.5. The molecule has 14 heteroatoms. The fraction of sp³-hybridized carbons (Fsp3) is 1.00. The van der Waals surface area contributed by atoms with E-state index in [0.29, 0.717) is 26.4 Å². The number of unbranched alkanes of at least 4 members (excludes halogenated alkanes) is 21. The topological polar surface area (TPSA) is 164 Å². The molecule has 0 aromatic heterocycles. The van der Waals surface area contributed by atoms with Crippen LogP contribution in [0.15, 0.2) is 0 Å². The maximum Gasteiger partial charge on any atom is 0.397 e. The molecular formula is C35H74O12S2. The summed E-state index contributed by atoms with van der Waals surface area (Å²) >= 11 is 0. The van der Waals surface area contributed by atoms with Crippen LogP contribution in [0.25, 0.3) is 0 Å². The van der Waals surface area contributed by atoms with Crippen molar-refractivity contribution in [3.05, 3.63) is 0 Å². The van der Waals surface area contributed by atoms with Gasteiger partial charge >= 0.3 is 20.8 Å². The molecule has 0 unspecified atom stereocenters. The van der Waals surface area contributed by atoms with Crippen LogP contribution in [0.2, 0.25) is 0 Å². The van der Waals surface area contributed by atoms with Gasteiger partial charge < -0.3 is 18.9 Å². The van der Waals surface area contributed by atoms with Gasteiger partial charge in [0.25, 0.3) is 0 Å². The van der Waals surface area contributed by atoms with E-state index < -0.39 is 20.8 Å². The summed E-state index contributed by atoms with van der Waals surface area (Å²) in [5.74, 6) is 0. The molecule has 0 aromatic rings. The zero-order valence-electron chi connectivity index (χ0n) is 31.1. The summed E-state index contributed by atoms with van der Waals surface area (Å²) in [5, 5.41) is 0. The van der Waals surface area contributed by atoms with Gasteiger partial charge in [0, 0.05) is 13.2 Å². The first-order valence-electron chi connectivity index (χ1n) is 19.2. The van der Waals surface area contributed by atoms with Crippen LogP contribution >= 0.6 is 0 Å². The molecular weight excluding hydrogens is 677 g/mol. The second-order valence-corrected chi connectivity index (χ2v) is 14.6. The molecule has 0 rings (SSSR count). The zero-order chi connectivity index (χ0) is 36.6. The highest BCUT2D eigenvalue weighted by Crippen LogP contribution is 2.13. The summed E-state index contributed by atoms with van der Waals surface area (Å²) in [6.07, 6.45) is 30.4. The first kappa shape index (κ1) is 50.7. The van der Waals surface area contributed by atoms with Crippen LogP contribution in [0.5, 0.6) is 0 Å². The molecule has 0 fully saturated rings. The lowest BCUT2D eigenvalue weighted by atomic mass is 10.1. The molecule has 0 aliphatic rings. The number of hydrogen-bond donors (Lipinski definition) is 2. The molecule has 0 heterocycles. The van der Waals surface area contributed by atoms with Crippen molar-refractivity contribution in [1.82, 2.24) is 0 Å². The number of hydrogen-bond acceptors (Lipinski definition) is 10. The number of ether oxygens (including phenoxy) is 4. The second-order valence-electron chi connectivity index (χ2n) is 12.4. The molecule has 0 radical (unpaired) electrons. The van der Waals surface area contributed by atoms with Crippen molar-refractivity contribution in [2.24, 2.45) is 0 Å². The van der Waals surface area contributed by atoms with Crippen molar-refractivity contribution in [3.8, 4) is 0 Å². The van der Waals surface area contributed by atoms with E-state index in [1.54, 1.807) is 0 Å². The monoisotopic (exact) mass is 750 g/mol. The summed E-state index contributed by atoms with van der Waals surface area (Å²) < 4.78 is 87.0.